The minimum atomic E-state index is 0.100. The smallest absolute Gasteiger partial charge is 0.220 e. The second-order valence-corrected chi connectivity index (χ2v) is 6.86. The highest BCUT2D eigenvalue weighted by atomic mass is 16.1. The minimum absolute atomic E-state index is 0.100. The second-order valence-electron chi connectivity index (χ2n) is 6.86. The fourth-order valence-electron chi connectivity index (χ4n) is 3.50. The summed E-state index contributed by atoms with van der Waals surface area (Å²) in [5.74, 6) is 2.32. The Hall–Kier alpha value is -1.36. The maximum absolute atomic E-state index is 12.4. The Morgan fingerprint density at radius 1 is 1.36 bits per heavy atom. The number of carbonyl (C=O) groups excluding carboxylic acids is 1. The molecule has 1 saturated heterocycles. The Kier molecular flexibility index (Phi) is 4.81. The first-order valence-electron chi connectivity index (χ1n) is 8.66. The highest BCUT2D eigenvalue weighted by Gasteiger charge is 2.36. The number of carbonyl (C=O) groups is 1. The number of nitrogens with one attached hydrogen (secondary N) is 1. The van der Waals surface area contributed by atoms with Gasteiger partial charge in [0.05, 0.1) is 6.04 Å². The van der Waals surface area contributed by atoms with Crippen molar-refractivity contribution in [1.82, 2.24) is 19.8 Å². The first kappa shape index (κ1) is 15.5. The summed E-state index contributed by atoms with van der Waals surface area (Å²) < 4.78 is 2.03. The number of hydrogen-bond donors (Lipinski definition) is 1. The van der Waals surface area contributed by atoms with Gasteiger partial charge in [0, 0.05) is 25.9 Å². The monoisotopic (exact) mass is 304 g/mol. The van der Waals surface area contributed by atoms with Crippen LogP contribution in [0.25, 0.3) is 0 Å². The molecule has 1 aliphatic heterocycles. The molecule has 1 saturated carbocycles. The maximum Gasteiger partial charge on any atom is 0.220 e. The Bertz CT molecular complexity index is 501. The largest absolute Gasteiger partial charge is 0.346 e. The lowest BCUT2D eigenvalue weighted by Crippen LogP contribution is -2.37. The van der Waals surface area contributed by atoms with Crippen LogP contribution < -0.4 is 5.32 Å². The number of rotatable bonds is 6. The Morgan fingerprint density at radius 3 is 2.64 bits per heavy atom. The van der Waals surface area contributed by atoms with Gasteiger partial charge in [-0.2, -0.15) is 0 Å². The zero-order valence-electron chi connectivity index (χ0n) is 13.8. The molecule has 1 unspecified atom stereocenters. The van der Waals surface area contributed by atoms with Crippen molar-refractivity contribution in [3.8, 4) is 0 Å². The third-order valence-electron chi connectivity index (χ3n) is 5.17. The van der Waals surface area contributed by atoms with Gasteiger partial charge < -0.3 is 14.8 Å². The normalized spacial score (nSPS) is 21.7. The summed E-state index contributed by atoms with van der Waals surface area (Å²) in [5.41, 5.74) is 0. The molecule has 1 N–H and O–H groups in total. The van der Waals surface area contributed by atoms with E-state index in [9.17, 15) is 4.79 Å². The summed E-state index contributed by atoms with van der Waals surface area (Å²) in [6, 6.07) is 0.100. The predicted octanol–water partition coefficient (Wildman–Crippen LogP) is 2.11. The van der Waals surface area contributed by atoms with Gasteiger partial charge in [0.2, 0.25) is 5.91 Å². The molecule has 2 aliphatic rings. The lowest BCUT2D eigenvalue weighted by atomic mass is 9.93. The first-order chi connectivity index (χ1) is 10.7. The standard InChI is InChI=1S/C17H28N4O/c1-3-21-9-6-13(7-10-21)12-15(22)19-16(14-4-5-14)17-18-8-11-20(17)2/h8,11,13-14,16H,3-7,9-10,12H2,1-2H3,(H,19,22). The molecule has 2 fully saturated rings. The van der Waals surface area contributed by atoms with Crippen molar-refractivity contribution in [1.29, 1.82) is 0 Å². The number of piperidine rings is 1. The second kappa shape index (κ2) is 6.82. The summed E-state index contributed by atoms with van der Waals surface area (Å²) in [5, 5.41) is 3.26. The van der Waals surface area contributed by atoms with Crippen molar-refractivity contribution in [3.05, 3.63) is 18.2 Å². The molecule has 5 heteroatoms. The van der Waals surface area contributed by atoms with Gasteiger partial charge >= 0.3 is 0 Å². The molecule has 2 heterocycles. The highest BCUT2D eigenvalue weighted by Crippen LogP contribution is 2.40. The van der Waals surface area contributed by atoms with Gasteiger partial charge in [0.1, 0.15) is 5.82 Å². The molecule has 1 amide bonds. The Morgan fingerprint density at radius 2 is 2.09 bits per heavy atom. The van der Waals surface area contributed by atoms with E-state index >= 15 is 0 Å². The van der Waals surface area contributed by atoms with E-state index in [0.29, 0.717) is 18.3 Å². The fourth-order valence-corrected chi connectivity index (χ4v) is 3.50. The molecule has 0 bridgehead atoms. The summed E-state index contributed by atoms with van der Waals surface area (Å²) in [6.07, 6.45) is 9.15. The molecule has 22 heavy (non-hydrogen) atoms. The summed E-state index contributed by atoms with van der Waals surface area (Å²) in [4.78, 5) is 19.4. The first-order valence-corrected chi connectivity index (χ1v) is 8.66. The highest BCUT2D eigenvalue weighted by molar-refractivity contribution is 5.76. The number of nitrogens with zero attached hydrogens (tertiary/aromatic N) is 3. The van der Waals surface area contributed by atoms with Crippen LogP contribution in [-0.4, -0.2) is 40.0 Å². The molecule has 1 aliphatic carbocycles. The average molecular weight is 304 g/mol. The molecule has 0 spiro atoms. The van der Waals surface area contributed by atoms with Crippen molar-refractivity contribution in [2.75, 3.05) is 19.6 Å². The zero-order chi connectivity index (χ0) is 15.5. The van der Waals surface area contributed by atoms with Gasteiger partial charge in [-0.1, -0.05) is 6.92 Å². The topological polar surface area (TPSA) is 50.2 Å². The van der Waals surface area contributed by atoms with E-state index in [4.69, 9.17) is 0 Å². The molecular weight excluding hydrogens is 276 g/mol. The molecule has 0 radical (unpaired) electrons. The molecule has 122 valence electrons. The van der Waals surface area contributed by atoms with Crippen LogP contribution in [-0.2, 0) is 11.8 Å². The molecule has 1 atom stereocenters. The number of hydrogen-bond acceptors (Lipinski definition) is 3. The van der Waals surface area contributed by atoms with Crippen molar-refractivity contribution in [2.24, 2.45) is 18.9 Å². The van der Waals surface area contributed by atoms with Crippen LogP contribution in [0.5, 0.6) is 0 Å². The van der Waals surface area contributed by atoms with E-state index in [-0.39, 0.29) is 11.9 Å². The van der Waals surface area contributed by atoms with E-state index in [0.717, 1.165) is 38.3 Å². The van der Waals surface area contributed by atoms with Gasteiger partial charge in [0.15, 0.2) is 0 Å². The molecule has 1 aromatic heterocycles. The minimum Gasteiger partial charge on any atom is -0.346 e. The van der Waals surface area contributed by atoms with Crippen LogP contribution in [0.4, 0.5) is 0 Å². The van der Waals surface area contributed by atoms with Gasteiger partial charge in [-0.25, -0.2) is 4.98 Å². The SMILES string of the molecule is CCN1CCC(CC(=O)NC(c2nccn2C)C2CC2)CC1. The number of aromatic nitrogens is 2. The van der Waals surface area contributed by atoms with Crippen LogP contribution >= 0.6 is 0 Å². The van der Waals surface area contributed by atoms with Gasteiger partial charge in [-0.05, 0) is 57.2 Å². The van der Waals surface area contributed by atoms with E-state index in [1.807, 2.05) is 24.0 Å². The van der Waals surface area contributed by atoms with Gasteiger partial charge in [0.25, 0.3) is 0 Å². The van der Waals surface area contributed by atoms with Crippen molar-refractivity contribution >= 4 is 5.91 Å². The fraction of sp³-hybridized carbons (Fsp3) is 0.765. The van der Waals surface area contributed by atoms with Crippen molar-refractivity contribution in [3.63, 3.8) is 0 Å². The predicted molar refractivity (Wildman–Crippen MR) is 86.3 cm³/mol. The molecule has 1 aromatic rings. The molecular formula is C17H28N4O. The summed E-state index contributed by atoms with van der Waals surface area (Å²) in [6.45, 7) is 5.61. The van der Waals surface area contributed by atoms with Crippen molar-refractivity contribution in [2.45, 2.75) is 45.1 Å². The number of likely N-dealkylation sites (tertiary alicyclic amines) is 1. The quantitative estimate of drug-likeness (QED) is 0.876. The molecule has 5 nitrogen and oxygen atoms in total. The van der Waals surface area contributed by atoms with Crippen molar-refractivity contribution < 1.29 is 4.79 Å². The third kappa shape index (κ3) is 3.69. The lowest BCUT2D eigenvalue weighted by Gasteiger charge is -2.31. The lowest BCUT2D eigenvalue weighted by molar-refractivity contribution is -0.123. The van der Waals surface area contributed by atoms with Gasteiger partial charge in [-0.15, -0.1) is 0 Å². The number of amides is 1. The van der Waals surface area contributed by atoms with Gasteiger partial charge in [-0.3, -0.25) is 4.79 Å². The third-order valence-corrected chi connectivity index (χ3v) is 5.17. The van der Waals surface area contributed by atoms with Crippen LogP contribution in [0.2, 0.25) is 0 Å². The molecule has 0 aromatic carbocycles. The summed E-state index contributed by atoms with van der Waals surface area (Å²) >= 11 is 0. The zero-order valence-corrected chi connectivity index (χ0v) is 13.8. The maximum atomic E-state index is 12.4. The average Bonchev–Trinajstić information content (AvgIpc) is 3.27. The van der Waals surface area contributed by atoms with Crippen LogP contribution in [0.1, 0.15) is 50.9 Å². The van der Waals surface area contributed by atoms with E-state index in [1.165, 1.54) is 12.8 Å². The number of imidazole rings is 1. The van der Waals surface area contributed by atoms with E-state index < -0.39 is 0 Å². The summed E-state index contributed by atoms with van der Waals surface area (Å²) in [7, 11) is 2.00. The number of aryl methyl sites for hydroxylation is 1. The van der Waals surface area contributed by atoms with Crippen LogP contribution in [0.3, 0.4) is 0 Å². The van der Waals surface area contributed by atoms with Crippen LogP contribution in [0.15, 0.2) is 12.4 Å². The Labute approximate surface area is 133 Å². The van der Waals surface area contributed by atoms with E-state index in [1.54, 1.807) is 0 Å². The Balaban J connectivity index is 1.53. The molecule has 3 rings (SSSR count). The van der Waals surface area contributed by atoms with E-state index in [2.05, 4.69) is 22.1 Å². The van der Waals surface area contributed by atoms with Crippen LogP contribution in [0, 0.1) is 11.8 Å².